The molecule has 4 heterocycles. The molecule has 2 aromatic heterocycles. The molecule has 33 heavy (non-hydrogen) atoms. The lowest BCUT2D eigenvalue weighted by Crippen LogP contribution is -2.41. The topological polar surface area (TPSA) is 113 Å². The molecule has 0 spiro atoms. The van der Waals surface area contributed by atoms with Gasteiger partial charge in [-0.3, -0.25) is 4.79 Å². The Labute approximate surface area is 198 Å². The quantitative estimate of drug-likeness (QED) is 0.502. The maximum atomic E-state index is 13.3. The van der Waals surface area contributed by atoms with Crippen LogP contribution in [0.25, 0.3) is 0 Å². The van der Waals surface area contributed by atoms with E-state index in [0.29, 0.717) is 29.7 Å². The maximum Gasteiger partial charge on any atom is 0.296 e. The summed E-state index contributed by atoms with van der Waals surface area (Å²) in [6.45, 7) is 12.2. The molecule has 3 N–H and O–H groups in total. The van der Waals surface area contributed by atoms with Crippen LogP contribution in [0.2, 0.25) is 0 Å². The van der Waals surface area contributed by atoms with Gasteiger partial charge in [-0.15, -0.1) is 0 Å². The number of fused-ring (bicyclic) bond motifs is 6. The second-order valence-electron chi connectivity index (χ2n) is 10.6. The molecule has 178 valence electrons. The molecule has 9 heteroatoms. The van der Waals surface area contributed by atoms with Crippen molar-refractivity contribution in [2.24, 2.45) is 5.92 Å². The Morgan fingerprint density at radius 1 is 1.24 bits per heavy atom. The number of pyridine rings is 2. The summed E-state index contributed by atoms with van der Waals surface area (Å²) < 4.78 is 15.5. The van der Waals surface area contributed by atoms with Gasteiger partial charge >= 0.3 is 0 Å². The summed E-state index contributed by atoms with van der Waals surface area (Å²) in [6, 6.07) is 6.44. The Hall–Kier alpha value is -2.52. The first-order valence-corrected chi connectivity index (χ1v) is 12.6. The van der Waals surface area contributed by atoms with E-state index in [0.717, 1.165) is 31.5 Å². The second-order valence-corrected chi connectivity index (χ2v) is 11.8. The van der Waals surface area contributed by atoms with Gasteiger partial charge in [-0.05, 0) is 51.2 Å². The smallest absolute Gasteiger partial charge is 0.296 e. The molecule has 1 saturated heterocycles. The number of rotatable bonds is 0. The van der Waals surface area contributed by atoms with Crippen LogP contribution < -0.4 is 14.9 Å². The van der Waals surface area contributed by atoms with Gasteiger partial charge in [0.2, 0.25) is 0 Å². The van der Waals surface area contributed by atoms with Crippen molar-refractivity contribution in [1.29, 1.82) is 0 Å². The zero-order valence-corrected chi connectivity index (χ0v) is 20.8. The fourth-order valence-electron chi connectivity index (χ4n) is 4.68. The summed E-state index contributed by atoms with van der Waals surface area (Å²) in [5.74, 6) is 0.989. The fourth-order valence-corrected chi connectivity index (χ4v) is 5.47. The van der Waals surface area contributed by atoms with Gasteiger partial charge in [-0.2, -0.15) is 9.71 Å². The minimum Gasteiger partial charge on any atom is -0.587 e. The van der Waals surface area contributed by atoms with Crippen LogP contribution in [-0.2, 0) is 16.8 Å². The average Bonchev–Trinajstić information content (AvgIpc) is 3.03. The molecule has 0 aromatic carbocycles. The number of nitrogens with one attached hydrogen (secondary N) is 2. The molecule has 1 amide bonds. The summed E-state index contributed by atoms with van der Waals surface area (Å²) >= 11 is -1.94. The highest BCUT2D eigenvalue weighted by Gasteiger charge is 2.41. The van der Waals surface area contributed by atoms with Gasteiger partial charge in [0.1, 0.15) is 28.7 Å². The molecule has 1 fully saturated rings. The Kier molecular flexibility index (Phi) is 6.22. The summed E-state index contributed by atoms with van der Waals surface area (Å²) in [5.41, 5.74) is 0.946. The van der Waals surface area contributed by atoms with Crippen molar-refractivity contribution in [2.75, 3.05) is 23.3 Å². The van der Waals surface area contributed by atoms with Gasteiger partial charge in [0.05, 0.1) is 11.6 Å². The largest absolute Gasteiger partial charge is 0.587 e. The highest BCUT2D eigenvalue weighted by Crippen LogP contribution is 2.40. The van der Waals surface area contributed by atoms with Crippen molar-refractivity contribution in [2.45, 2.75) is 69.9 Å². The van der Waals surface area contributed by atoms with E-state index in [1.807, 2.05) is 6.07 Å². The molecule has 2 aliphatic rings. The first kappa shape index (κ1) is 23.6. The van der Waals surface area contributed by atoms with Crippen molar-refractivity contribution in [1.82, 2.24) is 14.7 Å². The summed E-state index contributed by atoms with van der Waals surface area (Å²) in [6.07, 6.45) is 2.95. The van der Waals surface area contributed by atoms with E-state index in [-0.39, 0.29) is 21.7 Å². The minimum absolute atomic E-state index is 0.0572. The van der Waals surface area contributed by atoms with Crippen molar-refractivity contribution < 1.29 is 14.5 Å². The predicted molar refractivity (Wildman–Crippen MR) is 130 cm³/mol. The van der Waals surface area contributed by atoms with Gasteiger partial charge < -0.3 is 19.9 Å². The van der Waals surface area contributed by atoms with Crippen LogP contribution in [0.5, 0.6) is 5.75 Å². The first-order valence-electron chi connectivity index (χ1n) is 11.4. The van der Waals surface area contributed by atoms with Crippen molar-refractivity contribution in [3.05, 3.63) is 35.5 Å². The Morgan fingerprint density at radius 2 is 2.00 bits per heavy atom. The molecule has 2 atom stereocenters. The van der Waals surface area contributed by atoms with Crippen LogP contribution >= 0.6 is 0 Å². The molecule has 2 aliphatic heterocycles. The molecule has 0 saturated carbocycles. The van der Waals surface area contributed by atoms with Crippen LogP contribution in [0, 0.1) is 5.92 Å². The third-order valence-corrected chi connectivity index (χ3v) is 7.32. The van der Waals surface area contributed by atoms with E-state index < -0.39 is 17.3 Å². The number of nitrogens with zero attached hydrogens (tertiary/aromatic N) is 3. The van der Waals surface area contributed by atoms with E-state index in [1.54, 1.807) is 6.07 Å². The molecule has 2 aromatic rings. The van der Waals surface area contributed by atoms with Crippen molar-refractivity contribution in [3.63, 3.8) is 0 Å². The number of aromatic nitrogens is 2. The molecule has 4 rings (SSSR count). The standard InChI is InChI=1S/C24H33N5O3S/c1-23(2,3)18-9-8-17-21(26-18)29-14-15(13-24(29,4)5)7-6-10-25-19-11-16(30)12-20(27-19)33(32)28-22(17)31/h8-9,11-12,15H,6-7,10,13-14H2,1-5H3,(H,28,31)(H2,25,27,30). The number of carbonyl (C=O) groups excluding carboxylic acids is 1. The van der Waals surface area contributed by atoms with Gasteiger partial charge in [-0.25, -0.2) is 4.98 Å². The number of amides is 1. The Bertz CT molecular complexity index is 1050. The minimum atomic E-state index is -1.94. The number of hydrogen-bond donors (Lipinski definition) is 3. The number of anilines is 2. The van der Waals surface area contributed by atoms with Crippen LogP contribution in [0.1, 0.15) is 69.9 Å². The SMILES string of the molecule is CC(C)(C)c1ccc2c(n1)N1CC(CCCNc3cc(O)cc(n3)[S+]([O-])NC2=O)CC1(C)C. The Balaban J connectivity index is 1.79. The summed E-state index contributed by atoms with van der Waals surface area (Å²) in [7, 11) is 0. The van der Waals surface area contributed by atoms with Crippen molar-refractivity contribution in [3.8, 4) is 5.75 Å². The highest BCUT2D eigenvalue weighted by molar-refractivity contribution is 7.90. The van der Waals surface area contributed by atoms with E-state index in [2.05, 4.69) is 54.5 Å². The lowest BCUT2D eigenvalue weighted by atomic mass is 9.91. The second kappa shape index (κ2) is 8.68. The molecule has 8 nitrogen and oxygen atoms in total. The lowest BCUT2D eigenvalue weighted by molar-refractivity contribution is 0.0981. The van der Waals surface area contributed by atoms with E-state index >= 15 is 0 Å². The Morgan fingerprint density at radius 3 is 2.73 bits per heavy atom. The van der Waals surface area contributed by atoms with Gasteiger partial charge in [0.25, 0.3) is 10.9 Å². The third kappa shape index (κ3) is 5.04. The van der Waals surface area contributed by atoms with Crippen molar-refractivity contribution >= 4 is 28.9 Å². The fraction of sp³-hybridized carbons (Fsp3) is 0.542. The average molecular weight is 472 g/mol. The van der Waals surface area contributed by atoms with Gasteiger partial charge in [0.15, 0.2) is 0 Å². The van der Waals surface area contributed by atoms with Crippen LogP contribution in [0.15, 0.2) is 29.3 Å². The van der Waals surface area contributed by atoms with Crippen LogP contribution in [0.4, 0.5) is 11.6 Å². The number of aromatic hydroxyl groups is 1. The molecule has 0 radical (unpaired) electrons. The molecular weight excluding hydrogens is 438 g/mol. The van der Waals surface area contributed by atoms with E-state index in [1.165, 1.54) is 12.1 Å². The lowest BCUT2D eigenvalue weighted by Gasteiger charge is -2.34. The molecule has 4 bridgehead atoms. The number of carbonyl (C=O) groups is 1. The molecule has 2 unspecified atom stereocenters. The number of hydrogen-bond acceptors (Lipinski definition) is 7. The van der Waals surface area contributed by atoms with E-state index in [9.17, 15) is 14.5 Å². The first-order chi connectivity index (χ1) is 15.4. The highest BCUT2D eigenvalue weighted by atomic mass is 32.2. The summed E-state index contributed by atoms with van der Waals surface area (Å²) in [4.78, 5) is 24.8. The molecule has 0 aliphatic carbocycles. The van der Waals surface area contributed by atoms with Crippen LogP contribution in [-0.4, -0.2) is 44.2 Å². The van der Waals surface area contributed by atoms with Gasteiger partial charge in [-0.1, -0.05) is 20.8 Å². The molecular formula is C24H33N5O3S. The van der Waals surface area contributed by atoms with E-state index in [4.69, 9.17) is 4.98 Å². The van der Waals surface area contributed by atoms with Crippen LogP contribution in [0.3, 0.4) is 0 Å². The summed E-state index contributed by atoms with van der Waals surface area (Å²) in [5, 5.41) is 13.3. The predicted octanol–water partition coefficient (Wildman–Crippen LogP) is 3.74. The monoisotopic (exact) mass is 471 g/mol. The zero-order valence-electron chi connectivity index (χ0n) is 19.9. The maximum absolute atomic E-state index is 13.3. The van der Waals surface area contributed by atoms with Gasteiger partial charge in [0, 0.05) is 35.8 Å². The zero-order chi connectivity index (χ0) is 24.0. The normalized spacial score (nSPS) is 23.1. The third-order valence-electron chi connectivity index (χ3n) is 6.36.